The first kappa shape index (κ1) is 12.2. The molecule has 0 atom stereocenters. The van der Waals surface area contributed by atoms with Crippen molar-refractivity contribution in [2.45, 2.75) is 38.6 Å². The number of hydrogen-bond acceptors (Lipinski definition) is 3. The van der Waals surface area contributed by atoms with Gasteiger partial charge in [0, 0.05) is 12.2 Å². The van der Waals surface area contributed by atoms with Crippen molar-refractivity contribution in [2.24, 2.45) is 5.92 Å². The van der Waals surface area contributed by atoms with Crippen molar-refractivity contribution < 1.29 is 0 Å². The molecular weight excluding hydrogens is 238 g/mol. The number of nitrogen functional groups attached to an aromatic ring is 1. The van der Waals surface area contributed by atoms with Crippen molar-refractivity contribution in [1.29, 1.82) is 0 Å². The van der Waals surface area contributed by atoms with E-state index in [9.17, 15) is 4.79 Å². The highest BCUT2D eigenvalue weighted by molar-refractivity contribution is 5.80. The third-order valence-corrected chi connectivity index (χ3v) is 4.03. The van der Waals surface area contributed by atoms with E-state index < -0.39 is 0 Å². The van der Waals surface area contributed by atoms with Crippen LogP contribution in [0.15, 0.2) is 29.3 Å². The fourth-order valence-electron chi connectivity index (χ4n) is 2.95. The van der Waals surface area contributed by atoms with Crippen LogP contribution in [0.3, 0.4) is 0 Å². The zero-order valence-electron chi connectivity index (χ0n) is 11.0. The van der Waals surface area contributed by atoms with Gasteiger partial charge in [-0.2, -0.15) is 0 Å². The number of nitrogens with zero attached hydrogens (tertiary/aromatic N) is 2. The summed E-state index contributed by atoms with van der Waals surface area (Å²) in [4.78, 5) is 16.8. The summed E-state index contributed by atoms with van der Waals surface area (Å²) in [5, 5.41) is 0.623. The molecule has 100 valence electrons. The summed E-state index contributed by atoms with van der Waals surface area (Å²) in [6.45, 7) is 0.788. The molecule has 1 aliphatic carbocycles. The molecule has 2 N–H and O–H groups in total. The van der Waals surface area contributed by atoms with Gasteiger partial charge in [-0.05, 0) is 37.0 Å². The van der Waals surface area contributed by atoms with E-state index in [1.807, 2.05) is 0 Å². The van der Waals surface area contributed by atoms with Gasteiger partial charge < -0.3 is 5.73 Å². The molecule has 3 rings (SSSR count). The Morgan fingerprint density at radius 1 is 1.26 bits per heavy atom. The Kier molecular flexibility index (Phi) is 3.23. The van der Waals surface area contributed by atoms with Crippen LogP contribution in [0.1, 0.15) is 32.1 Å². The van der Waals surface area contributed by atoms with Crippen LogP contribution in [0.5, 0.6) is 0 Å². The van der Waals surface area contributed by atoms with Gasteiger partial charge in [0.25, 0.3) is 5.56 Å². The van der Waals surface area contributed by atoms with Gasteiger partial charge in [0.15, 0.2) is 0 Å². The molecule has 4 nitrogen and oxygen atoms in total. The molecule has 19 heavy (non-hydrogen) atoms. The number of anilines is 1. The summed E-state index contributed by atoms with van der Waals surface area (Å²) in [6.07, 6.45) is 8.02. The van der Waals surface area contributed by atoms with E-state index in [1.54, 1.807) is 29.1 Å². The Hall–Kier alpha value is -1.84. The number of aromatic nitrogens is 2. The number of benzene rings is 1. The highest BCUT2D eigenvalue weighted by Crippen LogP contribution is 2.24. The zero-order valence-corrected chi connectivity index (χ0v) is 11.0. The monoisotopic (exact) mass is 257 g/mol. The second-order valence-electron chi connectivity index (χ2n) is 5.48. The molecule has 0 radical (unpaired) electrons. The lowest BCUT2D eigenvalue weighted by Crippen LogP contribution is -2.25. The van der Waals surface area contributed by atoms with E-state index >= 15 is 0 Å². The molecule has 1 aromatic carbocycles. The van der Waals surface area contributed by atoms with Crippen LogP contribution in [0.2, 0.25) is 0 Å². The minimum absolute atomic E-state index is 0.0304. The van der Waals surface area contributed by atoms with Gasteiger partial charge in [-0.25, -0.2) is 4.98 Å². The molecule has 1 fully saturated rings. The summed E-state index contributed by atoms with van der Waals surface area (Å²) in [7, 11) is 0. The second-order valence-corrected chi connectivity index (χ2v) is 5.48. The van der Waals surface area contributed by atoms with E-state index in [2.05, 4.69) is 4.98 Å². The van der Waals surface area contributed by atoms with E-state index in [1.165, 1.54) is 32.1 Å². The average Bonchev–Trinajstić information content (AvgIpc) is 2.44. The summed E-state index contributed by atoms with van der Waals surface area (Å²) in [6, 6.07) is 5.30. The normalized spacial score (nSPS) is 16.8. The molecule has 0 aliphatic heterocycles. The van der Waals surface area contributed by atoms with E-state index in [0.717, 1.165) is 12.1 Å². The van der Waals surface area contributed by atoms with E-state index in [-0.39, 0.29) is 5.56 Å². The maximum absolute atomic E-state index is 12.4. The molecule has 1 aliphatic rings. The van der Waals surface area contributed by atoms with Crippen molar-refractivity contribution in [3.05, 3.63) is 34.9 Å². The van der Waals surface area contributed by atoms with Crippen LogP contribution in [0.25, 0.3) is 10.9 Å². The van der Waals surface area contributed by atoms with Crippen LogP contribution >= 0.6 is 0 Å². The fraction of sp³-hybridized carbons (Fsp3) is 0.467. The largest absolute Gasteiger partial charge is 0.399 e. The molecule has 0 amide bonds. The summed E-state index contributed by atoms with van der Waals surface area (Å²) in [5.74, 6) is 0.617. The lowest BCUT2D eigenvalue weighted by Gasteiger charge is -2.22. The molecule has 1 aromatic heterocycles. The first-order chi connectivity index (χ1) is 9.24. The lowest BCUT2D eigenvalue weighted by molar-refractivity contribution is 0.315. The highest BCUT2D eigenvalue weighted by Gasteiger charge is 2.15. The van der Waals surface area contributed by atoms with Crippen molar-refractivity contribution >= 4 is 16.6 Å². The van der Waals surface area contributed by atoms with Crippen LogP contribution in [0.4, 0.5) is 5.69 Å². The summed E-state index contributed by atoms with van der Waals surface area (Å²) < 4.78 is 1.75. The smallest absolute Gasteiger partial charge is 0.261 e. The quantitative estimate of drug-likeness (QED) is 0.841. The first-order valence-corrected chi connectivity index (χ1v) is 6.99. The Morgan fingerprint density at radius 2 is 2.05 bits per heavy atom. The number of rotatable bonds is 2. The van der Waals surface area contributed by atoms with E-state index in [4.69, 9.17) is 5.73 Å². The Labute approximate surface area is 112 Å². The van der Waals surface area contributed by atoms with Gasteiger partial charge >= 0.3 is 0 Å². The molecule has 1 saturated carbocycles. The molecular formula is C15H19N3O. The van der Waals surface area contributed by atoms with Gasteiger partial charge in [0.2, 0.25) is 0 Å². The number of fused-ring (bicyclic) bond motifs is 1. The molecule has 0 unspecified atom stereocenters. The predicted molar refractivity (Wildman–Crippen MR) is 77.0 cm³/mol. The van der Waals surface area contributed by atoms with Crippen molar-refractivity contribution in [2.75, 3.05) is 5.73 Å². The Balaban J connectivity index is 1.95. The number of hydrogen-bond donors (Lipinski definition) is 1. The van der Waals surface area contributed by atoms with Gasteiger partial charge in [-0.1, -0.05) is 19.3 Å². The van der Waals surface area contributed by atoms with Crippen LogP contribution in [-0.2, 0) is 6.54 Å². The molecule has 0 spiro atoms. The van der Waals surface area contributed by atoms with Gasteiger partial charge in [0.05, 0.1) is 17.2 Å². The third kappa shape index (κ3) is 2.48. The summed E-state index contributed by atoms with van der Waals surface area (Å²) >= 11 is 0. The van der Waals surface area contributed by atoms with Crippen molar-refractivity contribution in [1.82, 2.24) is 9.55 Å². The van der Waals surface area contributed by atoms with Crippen molar-refractivity contribution in [3.8, 4) is 0 Å². The first-order valence-electron chi connectivity index (χ1n) is 6.99. The van der Waals surface area contributed by atoms with Gasteiger partial charge in [-0.15, -0.1) is 0 Å². The SMILES string of the molecule is Nc1ccc2ncn(CC3CCCCC3)c(=O)c2c1. The maximum atomic E-state index is 12.4. The molecule has 0 saturated heterocycles. The highest BCUT2D eigenvalue weighted by atomic mass is 16.1. The standard InChI is InChI=1S/C15H19N3O/c16-12-6-7-14-13(8-12)15(19)18(10-17-14)9-11-4-2-1-3-5-11/h6-8,10-11H,1-5,9,16H2. The topological polar surface area (TPSA) is 60.9 Å². The predicted octanol–water partition coefficient (Wildman–Crippen LogP) is 2.56. The van der Waals surface area contributed by atoms with Gasteiger partial charge in [0.1, 0.15) is 0 Å². The Bertz CT molecular complexity index is 641. The second kappa shape index (κ2) is 5.03. The zero-order chi connectivity index (χ0) is 13.2. The minimum atomic E-state index is 0.0304. The van der Waals surface area contributed by atoms with Crippen LogP contribution in [0, 0.1) is 5.92 Å². The van der Waals surface area contributed by atoms with Crippen LogP contribution in [-0.4, -0.2) is 9.55 Å². The third-order valence-electron chi connectivity index (χ3n) is 4.03. The molecule has 1 heterocycles. The summed E-state index contributed by atoms with van der Waals surface area (Å²) in [5.41, 5.74) is 7.12. The molecule has 4 heteroatoms. The Morgan fingerprint density at radius 3 is 2.84 bits per heavy atom. The molecule has 0 bridgehead atoms. The van der Waals surface area contributed by atoms with E-state index in [0.29, 0.717) is 17.0 Å². The maximum Gasteiger partial charge on any atom is 0.261 e. The molecule has 2 aromatic rings. The average molecular weight is 257 g/mol. The minimum Gasteiger partial charge on any atom is -0.399 e. The van der Waals surface area contributed by atoms with Crippen molar-refractivity contribution in [3.63, 3.8) is 0 Å². The van der Waals surface area contributed by atoms with Gasteiger partial charge in [-0.3, -0.25) is 9.36 Å². The van der Waals surface area contributed by atoms with Crippen LogP contribution < -0.4 is 11.3 Å². The fourth-order valence-corrected chi connectivity index (χ4v) is 2.95. The lowest BCUT2D eigenvalue weighted by atomic mass is 9.89. The number of nitrogens with two attached hydrogens (primary N) is 1.